The van der Waals surface area contributed by atoms with Crippen LogP contribution in [0.2, 0.25) is 0 Å². The highest BCUT2D eigenvalue weighted by Crippen LogP contribution is 2.31. The molecule has 2 N–H and O–H groups in total. The molecule has 0 unspecified atom stereocenters. The zero-order chi connectivity index (χ0) is 19.7. The maximum Gasteiger partial charge on any atom is 0.387 e. The third-order valence-electron chi connectivity index (χ3n) is 4.63. The highest BCUT2D eigenvalue weighted by atomic mass is 35.5. The number of nitrogens with one attached hydrogen (secondary N) is 2. The molecule has 1 amide bonds. The molecular weight excluding hydrogens is 394 g/mol. The van der Waals surface area contributed by atoms with Crippen molar-refractivity contribution in [2.24, 2.45) is 5.41 Å². The van der Waals surface area contributed by atoms with E-state index in [1.165, 1.54) is 6.07 Å². The average Bonchev–Trinajstić information content (AvgIpc) is 2.66. The van der Waals surface area contributed by atoms with Gasteiger partial charge in [0.25, 0.3) is 0 Å². The van der Waals surface area contributed by atoms with E-state index in [4.69, 9.17) is 9.47 Å². The highest BCUT2D eigenvalue weighted by molar-refractivity contribution is 5.85. The number of hydrogen-bond donors (Lipinski definition) is 2. The van der Waals surface area contributed by atoms with Crippen molar-refractivity contribution in [2.75, 3.05) is 33.4 Å². The summed E-state index contributed by atoms with van der Waals surface area (Å²) < 4.78 is 40.9. The topological polar surface area (TPSA) is 68.8 Å². The van der Waals surface area contributed by atoms with Gasteiger partial charge in [-0.05, 0) is 44.5 Å². The van der Waals surface area contributed by atoms with Crippen LogP contribution in [0.15, 0.2) is 18.2 Å². The first-order valence-corrected chi connectivity index (χ1v) is 9.19. The third-order valence-corrected chi connectivity index (χ3v) is 4.63. The van der Waals surface area contributed by atoms with E-state index in [1.807, 2.05) is 6.92 Å². The molecule has 0 radical (unpaired) electrons. The Balaban J connectivity index is 0.00000392. The van der Waals surface area contributed by atoms with Crippen molar-refractivity contribution >= 4 is 18.3 Å². The summed E-state index contributed by atoms with van der Waals surface area (Å²) in [5, 5.41) is 6.09. The molecular formula is C19H29ClF2N2O4. The van der Waals surface area contributed by atoms with E-state index in [-0.39, 0.29) is 30.6 Å². The van der Waals surface area contributed by atoms with Gasteiger partial charge in [-0.3, -0.25) is 4.79 Å². The first kappa shape index (κ1) is 24.4. The summed E-state index contributed by atoms with van der Waals surface area (Å²) in [6.45, 7) is 1.37. The van der Waals surface area contributed by atoms with Crippen LogP contribution in [-0.2, 0) is 16.1 Å². The summed E-state index contributed by atoms with van der Waals surface area (Å²) in [5.41, 5.74) is -0.137. The van der Waals surface area contributed by atoms with Crippen molar-refractivity contribution in [1.82, 2.24) is 10.6 Å². The summed E-state index contributed by atoms with van der Waals surface area (Å²) in [4.78, 5) is 12.8. The molecule has 1 aromatic carbocycles. The molecule has 0 aliphatic carbocycles. The molecule has 9 heteroatoms. The minimum Gasteiger partial charge on any atom is -0.493 e. The molecule has 1 aliphatic rings. The quantitative estimate of drug-likeness (QED) is 0.606. The third kappa shape index (κ3) is 6.76. The number of ether oxygens (including phenoxy) is 3. The van der Waals surface area contributed by atoms with Crippen LogP contribution < -0.4 is 20.1 Å². The van der Waals surface area contributed by atoms with Crippen LogP contribution in [0.25, 0.3) is 0 Å². The largest absolute Gasteiger partial charge is 0.493 e. The predicted molar refractivity (Wildman–Crippen MR) is 104 cm³/mol. The van der Waals surface area contributed by atoms with Crippen LogP contribution in [0.4, 0.5) is 8.78 Å². The van der Waals surface area contributed by atoms with Crippen LogP contribution in [0.1, 0.15) is 31.7 Å². The standard InChI is InChI=1S/C19H28F2N2O4.ClH/c1-3-10-26-15-5-4-14(16(11-15)27-18(20)21)12-23-17(24)19(13-25-2)6-8-22-9-7-19;/h4-5,11,18,22H,3,6-10,12-13H2,1-2H3,(H,23,24);1H. The minimum absolute atomic E-state index is 0. The molecule has 1 aliphatic heterocycles. The molecule has 0 bridgehead atoms. The first-order chi connectivity index (χ1) is 13.0. The number of methoxy groups -OCH3 is 1. The van der Waals surface area contributed by atoms with Gasteiger partial charge in [0.2, 0.25) is 5.91 Å². The van der Waals surface area contributed by atoms with Gasteiger partial charge in [0.15, 0.2) is 0 Å². The van der Waals surface area contributed by atoms with Crippen molar-refractivity contribution in [2.45, 2.75) is 39.3 Å². The summed E-state index contributed by atoms with van der Waals surface area (Å²) in [7, 11) is 1.57. The SMILES string of the molecule is CCCOc1ccc(CNC(=O)C2(COC)CCNCC2)c(OC(F)F)c1.Cl. The molecule has 28 heavy (non-hydrogen) atoms. The lowest BCUT2D eigenvalue weighted by Crippen LogP contribution is -2.50. The Labute approximate surface area is 170 Å². The molecule has 6 nitrogen and oxygen atoms in total. The summed E-state index contributed by atoms with van der Waals surface area (Å²) in [5.74, 6) is 0.321. The zero-order valence-corrected chi connectivity index (χ0v) is 17.1. The Morgan fingerprint density at radius 3 is 2.64 bits per heavy atom. The maximum atomic E-state index is 12.8. The molecule has 1 fully saturated rings. The van der Waals surface area contributed by atoms with E-state index in [9.17, 15) is 13.6 Å². The molecule has 0 spiro atoms. The second kappa shape index (κ2) is 12.0. The normalized spacial score (nSPS) is 15.6. The molecule has 1 aromatic rings. The van der Waals surface area contributed by atoms with Gasteiger partial charge in [0.05, 0.1) is 18.6 Å². The lowest BCUT2D eigenvalue weighted by Gasteiger charge is -2.35. The molecule has 1 saturated heterocycles. The molecule has 1 heterocycles. The van der Waals surface area contributed by atoms with E-state index in [2.05, 4.69) is 15.4 Å². The Morgan fingerprint density at radius 2 is 2.04 bits per heavy atom. The number of rotatable bonds is 10. The first-order valence-electron chi connectivity index (χ1n) is 9.19. The number of hydrogen-bond acceptors (Lipinski definition) is 5. The minimum atomic E-state index is -2.95. The molecule has 0 saturated carbocycles. The van der Waals surface area contributed by atoms with Crippen molar-refractivity contribution in [1.29, 1.82) is 0 Å². The van der Waals surface area contributed by atoms with Crippen LogP contribution in [-0.4, -0.2) is 45.9 Å². The van der Waals surface area contributed by atoms with Crippen LogP contribution in [0, 0.1) is 5.41 Å². The molecule has 0 aromatic heterocycles. The highest BCUT2D eigenvalue weighted by Gasteiger charge is 2.39. The van der Waals surface area contributed by atoms with Gasteiger partial charge in [0.1, 0.15) is 11.5 Å². The molecule has 2 rings (SSSR count). The zero-order valence-electron chi connectivity index (χ0n) is 16.3. The van der Waals surface area contributed by atoms with E-state index >= 15 is 0 Å². The predicted octanol–water partition coefficient (Wildman–Crippen LogP) is 3.13. The number of alkyl halides is 2. The lowest BCUT2D eigenvalue weighted by atomic mass is 9.78. The summed E-state index contributed by atoms with van der Waals surface area (Å²) in [6, 6.07) is 4.75. The number of halogens is 3. The number of piperidine rings is 1. The van der Waals surface area contributed by atoms with Crippen molar-refractivity contribution in [3.05, 3.63) is 23.8 Å². The number of amides is 1. The Kier molecular flexibility index (Phi) is 10.5. The summed E-state index contributed by atoms with van der Waals surface area (Å²) in [6.07, 6.45) is 2.13. The second-order valence-corrected chi connectivity index (χ2v) is 6.64. The average molecular weight is 423 g/mol. The van der Waals surface area contributed by atoms with Crippen molar-refractivity contribution in [3.8, 4) is 11.5 Å². The second-order valence-electron chi connectivity index (χ2n) is 6.64. The van der Waals surface area contributed by atoms with Gasteiger partial charge in [-0.2, -0.15) is 8.78 Å². The van der Waals surface area contributed by atoms with Gasteiger partial charge < -0.3 is 24.8 Å². The monoisotopic (exact) mass is 422 g/mol. The Hall–Kier alpha value is -1.64. The number of benzene rings is 1. The molecule has 160 valence electrons. The van der Waals surface area contributed by atoms with Crippen molar-refractivity contribution in [3.63, 3.8) is 0 Å². The maximum absolute atomic E-state index is 12.8. The van der Waals surface area contributed by atoms with Crippen molar-refractivity contribution < 1.29 is 27.8 Å². The smallest absolute Gasteiger partial charge is 0.387 e. The van der Waals surface area contributed by atoms with Crippen LogP contribution >= 0.6 is 12.4 Å². The lowest BCUT2D eigenvalue weighted by molar-refractivity contribution is -0.136. The van der Waals surface area contributed by atoms with Gasteiger partial charge in [-0.25, -0.2) is 0 Å². The number of carbonyl (C=O) groups is 1. The van der Waals surface area contributed by atoms with E-state index in [0.29, 0.717) is 37.4 Å². The summed E-state index contributed by atoms with van der Waals surface area (Å²) >= 11 is 0. The van der Waals surface area contributed by atoms with Gasteiger partial charge >= 0.3 is 6.61 Å². The van der Waals surface area contributed by atoms with Gasteiger partial charge in [0, 0.05) is 25.3 Å². The fourth-order valence-corrected chi connectivity index (χ4v) is 3.18. The fraction of sp³-hybridized carbons (Fsp3) is 0.632. The van der Waals surface area contributed by atoms with Gasteiger partial charge in [-0.1, -0.05) is 6.92 Å². The van der Waals surface area contributed by atoms with Crippen LogP contribution in [0.5, 0.6) is 11.5 Å². The van der Waals surface area contributed by atoms with E-state index < -0.39 is 12.0 Å². The molecule has 0 atom stereocenters. The Morgan fingerprint density at radius 1 is 1.32 bits per heavy atom. The van der Waals surface area contributed by atoms with E-state index in [0.717, 1.165) is 19.5 Å². The number of carbonyl (C=O) groups excluding carboxylic acids is 1. The fourth-order valence-electron chi connectivity index (χ4n) is 3.18. The van der Waals surface area contributed by atoms with Crippen LogP contribution in [0.3, 0.4) is 0 Å². The van der Waals surface area contributed by atoms with Gasteiger partial charge in [-0.15, -0.1) is 12.4 Å². The van der Waals surface area contributed by atoms with E-state index in [1.54, 1.807) is 19.2 Å². The Bertz CT molecular complexity index is 608.